The van der Waals surface area contributed by atoms with Crippen molar-refractivity contribution < 1.29 is 0 Å². The van der Waals surface area contributed by atoms with Crippen LogP contribution in [0, 0.1) is 0 Å². The van der Waals surface area contributed by atoms with E-state index >= 15 is 0 Å². The van der Waals surface area contributed by atoms with Crippen LogP contribution in [0.3, 0.4) is 0 Å². The highest BCUT2D eigenvalue weighted by atomic mass is 35.5. The van der Waals surface area contributed by atoms with Crippen molar-refractivity contribution in [2.75, 3.05) is 22.9 Å². The molecule has 0 aliphatic heterocycles. The number of halogens is 2. The molecular weight excluding hydrogens is 695 g/mol. The highest BCUT2D eigenvalue weighted by Gasteiger charge is 2.12. The second-order valence-electron chi connectivity index (χ2n) is 10.4. The zero-order chi connectivity index (χ0) is 36.1. The molecule has 0 aliphatic rings. The van der Waals surface area contributed by atoms with E-state index in [4.69, 9.17) is 46.1 Å². The highest BCUT2D eigenvalue weighted by Crippen LogP contribution is 2.22. The van der Waals surface area contributed by atoms with E-state index in [0.29, 0.717) is 44.4 Å². The van der Waals surface area contributed by atoms with Crippen molar-refractivity contribution in [2.45, 2.75) is 26.7 Å². The molecule has 20 heteroatoms. The SMILES string of the molecule is CCc1nc(N)nc2ccc(-c3cnc(N)cn3)nc12.CCc1nc(N)nc2ccc(Cl)nc12.Nc1nc(-n2cncn2)c2nc(Cl)ccc2n1. The molecule has 8 heterocycles. The van der Waals surface area contributed by atoms with Crippen LogP contribution in [0.25, 0.3) is 50.3 Å². The van der Waals surface area contributed by atoms with Crippen LogP contribution in [0.5, 0.6) is 0 Å². The van der Waals surface area contributed by atoms with Gasteiger partial charge in [0.25, 0.3) is 0 Å². The topological polar surface area (TPSA) is 277 Å². The molecule has 0 saturated heterocycles. The van der Waals surface area contributed by atoms with Gasteiger partial charge in [-0.2, -0.15) is 10.1 Å². The molecular formula is C31H28Cl2N18. The average Bonchev–Trinajstić information content (AvgIpc) is 3.67. The fraction of sp³-hybridized carbons (Fsp3) is 0.129. The normalized spacial score (nSPS) is 10.8. The molecule has 0 radical (unpaired) electrons. The van der Waals surface area contributed by atoms with E-state index in [2.05, 4.69) is 64.9 Å². The number of aromatic nitrogens is 14. The zero-order valence-electron chi connectivity index (χ0n) is 27.0. The molecule has 0 atom stereocenters. The van der Waals surface area contributed by atoms with E-state index < -0.39 is 0 Å². The fourth-order valence-corrected chi connectivity index (χ4v) is 5.04. The van der Waals surface area contributed by atoms with Crippen molar-refractivity contribution in [2.24, 2.45) is 0 Å². The van der Waals surface area contributed by atoms with Crippen LogP contribution < -0.4 is 22.9 Å². The van der Waals surface area contributed by atoms with Crippen LogP contribution >= 0.6 is 23.2 Å². The first-order valence-corrected chi connectivity index (χ1v) is 15.9. The number of pyridine rings is 3. The number of nitrogens with zero attached hydrogens (tertiary/aromatic N) is 14. The standard InChI is InChI=1S/C13H13N7.C9H6ClN7.C9H9ClN4/c1-2-7-12-9(20-13(15)19-7)4-3-8(18-12)10-5-17-11(14)6-16-10;10-6-2-1-5-7(15-6)8(16-9(11)14-5)17-4-12-3-13-17;1-2-5-8-6(13-9(11)12-5)3-4-7(10)14-8/h3-6H,2H2,1H3,(H2,14,17)(H2,15,19,20);1-4H,(H2,11,14,16);3-4H,2H2,1H3,(H2,11,12,13). The molecule has 51 heavy (non-hydrogen) atoms. The quantitative estimate of drug-likeness (QED) is 0.187. The van der Waals surface area contributed by atoms with Gasteiger partial charge in [0, 0.05) is 0 Å². The highest BCUT2D eigenvalue weighted by molar-refractivity contribution is 6.30. The number of anilines is 4. The third kappa shape index (κ3) is 7.87. The Hall–Kier alpha value is -6.53. The van der Waals surface area contributed by atoms with Gasteiger partial charge in [-0.15, -0.1) is 0 Å². The van der Waals surface area contributed by atoms with Gasteiger partial charge in [-0.25, -0.2) is 59.5 Å². The van der Waals surface area contributed by atoms with Crippen LogP contribution in [0.1, 0.15) is 25.2 Å². The van der Waals surface area contributed by atoms with Gasteiger partial charge in [-0.05, 0) is 49.2 Å². The van der Waals surface area contributed by atoms with Gasteiger partial charge < -0.3 is 22.9 Å². The Morgan fingerprint density at radius 2 is 1.12 bits per heavy atom. The summed E-state index contributed by atoms with van der Waals surface area (Å²) in [6.45, 7) is 3.99. The average molecular weight is 724 g/mol. The first-order chi connectivity index (χ1) is 24.6. The van der Waals surface area contributed by atoms with E-state index in [9.17, 15) is 0 Å². The van der Waals surface area contributed by atoms with E-state index in [-0.39, 0.29) is 17.8 Å². The molecule has 8 N–H and O–H groups in total. The molecule has 0 saturated carbocycles. The summed E-state index contributed by atoms with van der Waals surface area (Å²) in [6, 6.07) is 10.5. The van der Waals surface area contributed by atoms with Gasteiger partial charge in [-0.3, -0.25) is 0 Å². The number of hydrogen-bond donors (Lipinski definition) is 4. The van der Waals surface area contributed by atoms with Gasteiger partial charge in [0.1, 0.15) is 51.0 Å². The summed E-state index contributed by atoms with van der Waals surface area (Å²) in [6.07, 6.45) is 7.48. The molecule has 8 aromatic rings. The van der Waals surface area contributed by atoms with Crippen molar-refractivity contribution in [1.82, 2.24) is 69.6 Å². The van der Waals surface area contributed by atoms with Crippen molar-refractivity contribution >= 4 is 80.0 Å². The third-order valence-corrected chi connectivity index (χ3v) is 7.40. The monoisotopic (exact) mass is 722 g/mol. The number of nitrogens with two attached hydrogens (primary N) is 4. The Labute approximate surface area is 298 Å². The van der Waals surface area contributed by atoms with Crippen LogP contribution in [0.2, 0.25) is 10.3 Å². The summed E-state index contributed by atoms with van der Waals surface area (Å²) in [5, 5.41) is 4.78. The van der Waals surface area contributed by atoms with Crippen LogP contribution in [-0.2, 0) is 12.8 Å². The van der Waals surface area contributed by atoms with Crippen molar-refractivity contribution in [1.29, 1.82) is 0 Å². The Morgan fingerprint density at radius 1 is 0.569 bits per heavy atom. The lowest BCUT2D eigenvalue weighted by Crippen LogP contribution is -2.05. The van der Waals surface area contributed by atoms with E-state index in [1.54, 1.807) is 30.5 Å². The Kier molecular flexibility index (Phi) is 10.1. The van der Waals surface area contributed by atoms with Gasteiger partial charge in [0.2, 0.25) is 17.8 Å². The zero-order valence-corrected chi connectivity index (χ0v) is 28.5. The smallest absolute Gasteiger partial charge is 0.222 e. The van der Waals surface area contributed by atoms with Gasteiger partial charge in [-0.1, -0.05) is 37.0 Å². The number of aryl methyl sites for hydroxylation is 2. The van der Waals surface area contributed by atoms with E-state index in [1.807, 2.05) is 26.0 Å². The lowest BCUT2D eigenvalue weighted by molar-refractivity contribution is 0.848. The molecule has 256 valence electrons. The lowest BCUT2D eigenvalue weighted by Gasteiger charge is -2.06. The van der Waals surface area contributed by atoms with E-state index in [1.165, 1.54) is 23.5 Å². The third-order valence-electron chi connectivity index (χ3n) is 6.98. The molecule has 8 rings (SSSR count). The van der Waals surface area contributed by atoms with Crippen molar-refractivity contribution in [3.8, 4) is 17.2 Å². The largest absolute Gasteiger partial charge is 0.382 e. The predicted octanol–water partition coefficient (Wildman–Crippen LogP) is 3.87. The molecule has 0 unspecified atom stereocenters. The van der Waals surface area contributed by atoms with Crippen LogP contribution in [0.4, 0.5) is 23.7 Å². The number of fused-ring (bicyclic) bond motifs is 3. The minimum absolute atomic E-state index is 0.145. The van der Waals surface area contributed by atoms with Gasteiger partial charge in [0.05, 0.1) is 46.0 Å². The molecule has 0 aliphatic carbocycles. The molecule has 0 bridgehead atoms. The van der Waals surface area contributed by atoms with Crippen LogP contribution in [0.15, 0.2) is 61.4 Å². The Morgan fingerprint density at radius 3 is 1.67 bits per heavy atom. The second-order valence-corrected chi connectivity index (χ2v) is 11.2. The molecule has 0 spiro atoms. The first-order valence-electron chi connectivity index (χ1n) is 15.2. The molecule has 8 aromatic heterocycles. The Bertz CT molecular complexity index is 2480. The van der Waals surface area contributed by atoms with E-state index in [0.717, 1.165) is 46.3 Å². The van der Waals surface area contributed by atoms with Gasteiger partial charge in [0.15, 0.2) is 5.82 Å². The number of hydrogen-bond acceptors (Lipinski definition) is 17. The Balaban J connectivity index is 0.000000134. The summed E-state index contributed by atoms with van der Waals surface area (Å²) >= 11 is 11.6. The molecule has 0 aromatic carbocycles. The minimum Gasteiger partial charge on any atom is -0.382 e. The maximum absolute atomic E-state index is 5.85. The molecule has 18 nitrogen and oxygen atoms in total. The number of nitrogen functional groups attached to an aromatic ring is 4. The van der Waals surface area contributed by atoms with Crippen molar-refractivity contribution in [3.05, 3.63) is 83.1 Å². The number of rotatable bonds is 4. The maximum Gasteiger partial charge on any atom is 0.222 e. The fourth-order valence-electron chi connectivity index (χ4n) is 4.74. The van der Waals surface area contributed by atoms with Crippen LogP contribution in [-0.4, -0.2) is 69.6 Å². The molecule has 0 fully saturated rings. The second kappa shape index (κ2) is 14.9. The van der Waals surface area contributed by atoms with Crippen molar-refractivity contribution in [3.63, 3.8) is 0 Å². The summed E-state index contributed by atoms with van der Waals surface area (Å²) in [5.41, 5.74) is 29.4. The summed E-state index contributed by atoms with van der Waals surface area (Å²) in [5.74, 6) is 1.51. The summed E-state index contributed by atoms with van der Waals surface area (Å²) < 4.78 is 1.46. The molecule has 0 amide bonds. The predicted molar refractivity (Wildman–Crippen MR) is 194 cm³/mol. The summed E-state index contributed by atoms with van der Waals surface area (Å²) in [4.78, 5) is 49.7. The van der Waals surface area contributed by atoms with Gasteiger partial charge >= 0.3 is 0 Å². The minimum atomic E-state index is 0.145. The lowest BCUT2D eigenvalue weighted by atomic mass is 10.2. The summed E-state index contributed by atoms with van der Waals surface area (Å²) in [7, 11) is 0. The maximum atomic E-state index is 5.85. The first kappa shape index (κ1) is 34.3.